The van der Waals surface area contributed by atoms with Crippen LogP contribution in [-0.2, 0) is 11.2 Å². The van der Waals surface area contributed by atoms with Crippen LogP contribution in [0.2, 0.25) is 0 Å². The number of phenolic OH excluding ortho intramolecular Hbond substituents is 1. The number of hydrogen-bond donors (Lipinski definition) is 2. The van der Waals surface area contributed by atoms with Crippen LogP contribution in [0.5, 0.6) is 5.75 Å². The molecule has 1 aromatic carbocycles. The molecule has 0 aliphatic carbocycles. The number of benzene rings is 1. The smallest absolute Gasteiger partial charge is 0.406 e. The fourth-order valence-electron chi connectivity index (χ4n) is 1.77. The number of likely N-dealkylation sites (N-methyl/N-ethyl adjacent to an activating group) is 1. The molecule has 112 valence electrons. The third-order valence-corrected chi connectivity index (χ3v) is 2.77. The van der Waals surface area contributed by atoms with Crippen molar-refractivity contribution in [1.82, 2.24) is 4.90 Å². The second-order valence-corrected chi connectivity index (χ2v) is 4.44. The Kier molecular flexibility index (Phi) is 5.38. The van der Waals surface area contributed by atoms with Crippen molar-refractivity contribution in [2.24, 2.45) is 5.73 Å². The zero-order chi connectivity index (χ0) is 15.3. The first kappa shape index (κ1) is 16.3. The first-order valence-corrected chi connectivity index (χ1v) is 6.12. The highest BCUT2D eigenvalue weighted by Crippen LogP contribution is 2.17. The lowest BCUT2D eigenvalue weighted by atomic mass is 10.1. The third kappa shape index (κ3) is 5.08. The second-order valence-electron chi connectivity index (χ2n) is 4.44. The molecule has 1 aromatic rings. The Labute approximate surface area is 115 Å². The minimum atomic E-state index is -4.44. The molecule has 1 amide bonds. The Morgan fingerprint density at radius 2 is 1.90 bits per heavy atom. The molecule has 0 spiro atoms. The largest absolute Gasteiger partial charge is 0.508 e. The zero-order valence-corrected chi connectivity index (χ0v) is 11.0. The van der Waals surface area contributed by atoms with Crippen LogP contribution in [0.15, 0.2) is 24.3 Å². The van der Waals surface area contributed by atoms with Crippen LogP contribution in [-0.4, -0.2) is 41.2 Å². The average Bonchev–Trinajstić information content (AvgIpc) is 2.36. The number of phenols is 1. The minimum Gasteiger partial charge on any atom is -0.508 e. The summed E-state index contributed by atoms with van der Waals surface area (Å²) in [6.07, 6.45) is -4.32. The van der Waals surface area contributed by atoms with Crippen LogP contribution in [0.25, 0.3) is 0 Å². The van der Waals surface area contributed by atoms with Crippen molar-refractivity contribution in [1.29, 1.82) is 0 Å². The Hall–Kier alpha value is -1.76. The molecule has 0 radical (unpaired) electrons. The van der Waals surface area contributed by atoms with Gasteiger partial charge in [-0.1, -0.05) is 12.1 Å². The van der Waals surface area contributed by atoms with Crippen molar-refractivity contribution in [3.63, 3.8) is 0 Å². The predicted octanol–water partition coefficient (Wildman–Crippen LogP) is 1.67. The van der Waals surface area contributed by atoms with Crippen molar-refractivity contribution < 1.29 is 23.1 Å². The summed E-state index contributed by atoms with van der Waals surface area (Å²) in [5.74, 6) is -0.668. The number of carbonyl (C=O) groups is 1. The summed E-state index contributed by atoms with van der Waals surface area (Å²) in [5, 5.41) is 9.12. The maximum Gasteiger partial charge on any atom is 0.406 e. The van der Waals surface area contributed by atoms with Crippen LogP contribution < -0.4 is 5.73 Å². The number of aromatic hydroxyl groups is 1. The van der Waals surface area contributed by atoms with E-state index < -0.39 is 24.7 Å². The van der Waals surface area contributed by atoms with Crippen molar-refractivity contribution in [3.05, 3.63) is 29.8 Å². The van der Waals surface area contributed by atoms with Crippen LogP contribution in [0.3, 0.4) is 0 Å². The van der Waals surface area contributed by atoms with Gasteiger partial charge in [-0.05, 0) is 31.0 Å². The Bertz CT molecular complexity index is 446. The number of rotatable bonds is 5. The molecular formula is C13H17F3N2O2. The minimum absolute atomic E-state index is 0.0539. The molecule has 1 rings (SSSR count). The Morgan fingerprint density at radius 3 is 2.35 bits per heavy atom. The number of alkyl halides is 3. The Morgan fingerprint density at radius 1 is 1.35 bits per heavy atom. The molecule has 0 saturated carbocycles. The maximum atomic E-state index is 12.3. The van der Waals surface area contributed by atoms with Crippen molar-refractivity contribution >= 4 is 5.91 Å². The van der Waals surface area contributed by atoms with E-state index in [9.17, 15) is 18.0 Å². The van der Waals surface area contributed by atoms with Crippen LogP contribution >= 0.6 is 0 Å². The summed E-state index contributed by atoms with van der Waals surface area (Å²) >= 11 is 0. The summed E-state index contributed by atoms with van der Waals surface area (Å²) in [7, 11) is 0. The summed E-state index contributed by atoms with van der Waals surface area (Å²) in [6, 6.07) is 4.96. The standard InChI is InChI=1S/C13H17F3N2O2/c1-2-18(8-13(14,15)16)12(20)11(17)7-9-3-5-10(19)6-4-9/h3-6,11,19H,2,7-8,17H2,1H3/t11-/m0/s1. The van der Waals surface area contributed by atoms with E-state index in [4.69, 9.17) is 10.8 Å². The van der Waals surface area contributed by atoms with Gasteiger partial charge in [-0.15, -0.1) is 0 Å². The fourth-order valence-corrected chi connectivity index (χ4v) is 1.77. The number of hydrogen-bond acceptors (Lipinski definition) is 3. The van der Waals surface area contributed by atoms with E-state index in [0.29, 0.717) is 10.5 Å². The van der Waals surface area contributed by atoms with Gasteiger partial charge in [0.2, 0.25) is 5.91 Å². The lowest BCUT2D eigenvalue weighted by Gasteiger charge is -2.25. The van der Waals surface area contributed by atoms with Gasteiger partial charge in [-0.25, -0.2) is 0 Å². The summed E-state index contributed by atoms with van der Waals surface area (Å²) < 4.78 is 37.0. The van der Waals surface area contributed by atoms with E-state index in [1.54, 1.807) is 12.1 Å². The second kappa shape index (κ2) is 6.60. The van der Waals surface area contributed by atoms with Crippen molar-refractivity contribution in [2.45, 2.75) is 25.6 Å². The molecule has 7 heteroatoms. The topological polar surface area (TPSA) is 66.6 Å². The van der Waals surface area contributed by atoms with E-state index in [2.05, 4.69) is 0 Å². The van der Waals surface area contributed by atoms with Gasteiger partial charge in [0.25, 0.3) is 0 Å². The van der Waals surface area contributed by atoms with Crippen molar-refractivity contribution in [2.75, 3.05) is 13.1 Å². The molecule has 0 aliphatic rings. The molecule has 0 fully saturated rings. The molecule has 4 nitrogen and oxygen atoms in total. The molecule has 0 aromatic heterocycles. The van der Waals surface area contributed by atoms with Gasteiger partial charge < -0.3 is 15.7 Å². The van der Waals surface area contributed by atoms with Crippen LogP contribution in [0.4, 0.5) is 13.2 Å². The van der Waals surface area contributed by atoms with Crippen molar-refractivity contribution in [3.8, 4) is 5.75 Å². The van der Waals surface area contributed by atoms with E-state index in [0.717, 1.165) is 0 Å². The lowest BCUT2D eigenvalue weighted by molar-refractivity contribution is -0.161. The molecule has 0 aliphatic heterocycles. The quantitative estimate of drug-likeness (QED) is 0.867. The SMILES string of the molecule is CCN(CC(F)(F)F)C(=O)[C@@H](N)Cc1ccc(O)cc1. The number of amides is 1. The van der Waals surface area contributed by atoms with Gasteiger partial charge in [0.1, 0.15) is 12.3 Å². The molecular weight excluding hydrogens is 273 g/mol. The average molecular weight is 290 g/mol. The highest BCUT2D eigenvalue weighted by atomic mass is 19.4. The Balaban J connectivity index is 2.67. The maximum absolute atomic E-state index is 12.3. The van der Waals surface area contributed by atoms with Gasteiger partial charge >= 0.3 is 6.18 Å². The first-order valence-electron chi connectivity index (χ1n) is 6.12. The number of carbonyl (C=O) groups excluding carboxylic acids is 1. The predicted molar refractivity (Wildman–Crippen MR) is 68.1 cm³/mol. The third-order valence-electron chi connectivity index (χ3n) is 2.77. The molecule has 1 atom stereocenters. The molecule has 0 saturated heterocycles. The number of nitrogens with zero attached hydrogens (tertiary/aromatic N) is 1. The number of halogens is 3. The highest BCUT2D eigenvalue weighted by Gasteiger charge is 2.33. The summed E-state index contributed by atoms with van der Waals surface area (Å²) in [4.78, 5) is 12.6. The van der Waals surface area contributed by atoms with E-state index >= 15 is 0 Å². The molecule has 0 unspecified atom stereocenters. The number of nitrogens with two attached hydrogens (primary N) is 1. The van der Waals surface area contributed by atoms with Gasteiger partial charge in [0.15, 0.2) is 0 Å². The van der Waals surface area contributed by atoms with Crippen LogP contribution in [0, 0.1) is 0 Å². The monoisotopic (exact) mass is 290 g/mol. The van der Waals surface area contributed by atoms with E-state index in [1.165, 1.54) is 19.1 Å². The molecule has 20 heavy (non-hydrogen) atoms. The van der Waals surface area contributed by atoms with Gasteiger partial charge in [-0.2, -0.15) is 13.2 Å². The van der Waals surface area contributed by atoms with E-state index in [-0.39, 0.29) is 18.7 Å². The fraction of sp³-hybridized carbons (Fsp3) is 0.462. The summed E-state index contributed by atoms with van der Waals surface area (Å²) in [5.41, 5.74) is 6.33. The first-order chi connectivity index (χ1) is 9.23. The van der Waals surface area contributed by atoms with E-state index in [1.807, 2.05) is 0 Å². The normalized spacial score (nSPS) is 13.1. The van der Waals surface area contributed by atoms with Crippen LogP contribution in [0.1, 0.15) is 12.5 Å². The highest BCUT2D eigenvalue weighted by molar-refractivity contribution is 5.82. The molecule has 0 bridgehead atoms. The van der Waals surface area contributed by atoms with Gasteiger partial charge in [0.05, 0.1) is 6.04 Å². The zero-order valence-electron chi connectivity index (χ0n) is 11.0. The van der Waals surface area contributed by atoms with Gasteiger partial charge in [-0.3, -0.25) is 4.79 Å². The summed E-state index contributed by atoms with van der Waals surface area (Å²) in [6.45, 7) is 0.115. The molecule has 0 heterocycles. The molecule has 3 N–H and O–H groups in total. The van der Waals surface area contributed by atoms with Gasteiger partial charge in [0, 0.05) is 6.54 Å². The lowest BCUT2D eigenvalue weighted by Crippen LogP contribution is -2.48.